The molecule has 0 aliphatic heterocycles. The number of nitrogens with zero attached hydrogens (tertiary/aromatic N) is 1. The van der Waals surface area contributed by atoms with Gasteiger partial charge in [-0.25, -0.2) is 4.79 Å². The SMILES string of the molecule is CSCCN(Cc1ccccc1)C(=O)OC(C)(C)C. The first kappa shape index (κ1) is 15.9. The van der Waals surface area contributed by atoms with Crippen LogP contribution in [-0.2, 0) is 11.3 Å². The molecule has 0 unspecified atom stereocenters. The van der Waals surface area contributed by atoms with Crippen molar-refractivity contribution in [3.63, 3.8) is 0 Å². The predicted molar refractivity (Wildman–Crippen MR) is 81.5 cm³/mol. The molecule has 1 aromatic rings. The van der Waals surface area contributed by atoms with Gasteiger partial charge in [0.25, 0.3) is 0 Å². The van der Waals surface area contributed by atoms with Crippen LogP contribution in [0.2, 0.25) is 0 Å². The van der Waals surface area contributed by atoms with Crippen LogP contribution in [0.1, 0.15) is 26.3 Å². The Morgan fingerprint density at radius 2 is 1.89 bits per heavy atom. The summed E-state index contributed by atoms with van der Waals surface area (Å²) in [5.41, 5.74) is 0.667. The van der Waals surface area contributed by atoms with Gasteiger partial charge < -0.3 is 9.64 Å². The maximum Gasteiger partial charge on any atom is 0.410 e. The van der Waals surface area contributed by atoms with Crippen LogP contribution in [0.15, 0.2) is 30.3 Å². The summed E-state index contributed by atoms with van der Waals surface area (Å²) >= 11 is 1.73. The Balaban J connectivity index is 2.68. The third kappa shape index (κ3) is 6.53. The van der Waals surface area contributed by atoms with Gasteiger partial charge in [0.1, 0.15) is 5.60 Å². The molecule has 0 bridgehead atoms. The Kier molecular flexibility index (Phi) is 6.22. The van der Waals surface area contributed by atoms with E-state index in [0.29, 0.717) is 13.1 Å². The first-order valence-electron chi connectivity index (χ1n) is 6.43. The minimum absolute atomic E-state index is 0.245. The summed E-state index contributed by atoms with van der Waals surface area (Å²) in [6.07, 6.45) is 1.79. The number of hydrogen-bond acceptors (Lipinski definition) is 3. The lowest BCUT2D eigenvalue weighted by atomic mass is 10.2. The first-order valence-corrected chi connectivity index (χ1v) is 7.82. The van der Waals surface area contributed by atoms with E-state index in [-0.39, 0.29) is 6.09 Å². The lowest BCUT2D eigenvalue weighted by molar-refractivity contribution is 0.0246. The fraction of sp³-hybridized carbons (Fsp3) is 0.533. The van der Waals surface area contributed by atoms with Gasteiger partial charge >= 0.3 is 6.09 Å². The van der Waals surface area contributed by atoms with E-state index >= 15 is 0 Å². The van der Waals surface area contributed by atoms with Crippen molar-refractivity contribution in [1.29, 1.82) is 0 Å². The molecule has 0 spiro atoms. The van der Waals surface area contributed by atoms with Crippen molar-refractivity contribution in [2.75, 3.05) is 18.6 Å². The van der Waals surface area contributed by atoms with Crippen LogP contribution in [0.4, 0.5) is 4.79 Å². The minimum atomic E-state index is -0.453. The molecule has 1 rings (SSSR count). The van der Waals surface area contributed by atoms with E-state index in [1.165, 1.54) is 0 Å². The van der Waals surface area contributed by atoms with Crippen molar-refractivity contribution in [2.24, 2.45) is 0 Å². The zero-order valence-corrected chi connectivity index (χ0v) is 13.0. The van der Waals surface area contributed by atoms with Gasteiger partial charge in [-0.3, -0.25) is 0 Å². The minimum Gasteiger partial charge on any atom is -0.444 e. The van der Waals surface area contributed by atoms with Crippen molar-refractivity contribution in [3.8, 4) is 0 Å². The van der Waals surface area contributed by atoms with Crippen LogP contribution >= 0.6 is 11.8 Å². The molecule has 3 nitrogen and oxygen atoms in total. The third-order valence-corrected chi connectivity index (χ3v) is 3.02. The highest BCUT2D eigenvalue weighted by atomic mass is 32.2. The van der Waals surface area contributed by atoms with Crippen molar-refractivity contribution in [3.05, 3.63) is 35.9 Å². The Morgan fingerprint density at radius 1 is 1.26 bits per heavy atom. The Labute approximate surface area is 120 Å². The molecule has 0 aromatic heterocycles. The molecule has 0 N–H and O–H groups in total. The molecule has 106 valence electrons. The van der Waals surface area contributed by atoms with E-state index in [2.05, 4.69) is 0 Å². The standard InChI is InChI=1S/C15H23NO2S/c1-15(2,3)18-14(17)16(10-11-19-4)12-13-8-6-5-7-9-13/h5-9H,10-12H2,1-4H3. The van der Waals surface area contributed by atoms with E-state index in [1.54, 1.807) is 16.7 Å². The second-order valence-electron chi connectivity index (χ2n) is 5.38. The summed E-state index contributed by atoms with van der Waals surface area (Å²) in [5, 5.41) is 0. The molecule has 19 heavy (non-hydrogen) atoms. The average molecular weight is 281 g/mol. The topological polar surface area (TPSA) is 29.5 Å². The molecular weight excluding hydrogens is 258 g/mol. The lowest BCUT2D eigenvalue weighted by Gasteiger charge is -2.27. The van der Waals surface area contributed by atoms with Gasteiger partial charge in [-0.05, 0) is 32.6 Å². The maximum atomic E-state index is 12.2. The number of hydrogen-bond donors (Lipinski definition) is 0. The smallest absolute Gasteiger partial charge is 0.410 e. The number of thioether (sulfide) groups is 1. The number of carbonyl (C=O) groups excluding carboxylic acids is 1. The zero-order valence-electron chi connectivity index (χ0n) is 12.2. The number of carbonyl (C=O) groups is 1. The molecule has 0 aliphatic carbocycles. The van der Waals surface area contributed by atoms with E-state index in [1.807, 2.05) is 57.4 Å². The zero-order chi connectivity index (χ0) is 14.3. The van der Waals surface area contributed by atoms with Gasteiger partial charge in [0.15, 0.2) is 0 Å². The van der Waals surface area contributed by atoms with Crippen molar-refractivity contribution in [2.45, 2.75) is 32.9 Å². The number of benzene rings is 1. The monoisotopic (exact) mass is 281 g/mol. The Hall–Kier alpha value is -1.16. The quantitative estimate of drug-likeness (QED) is 0.822. The van der Waals surface area contributed by atoms with Crippen LogP contribution in [0.5, 0.6) is 0 Å². The predicted octanol–water partition coefficient (Wildman–Crippen LogP) is 3.79. The highest BCUT2D eigenvalue weighted by molar-refractivity contribution is 7.98. The molecular formula is C15H23NO2S. The lowest BCUT2D eigenvalue weighted by Crippen LogP contribution is -2.37. The van der Waals surface area contributed by atoms with Crippen LogP contribution in [0, 0.1) is 0 Å². The summed E-state index contributed by atoms with van der Waals surface area (Å²) in [5.74, 6) is 0.909. The largest absolute Gasteiger partial charge is 0.444 e. The molecule has 1 amide bonds. The molecule has 4 heteroatoms. The van der Waals surface area contributed by atoms with E-state index in [4.69, 9.17) is 4.74 Å². The highest BCUT2D eigenvalue weighted by Gasteiger charge is 2.21. The van der Waals surface area contributed by atoms with Crippen LogP contribution < -0.4 is 0 Å². The fourth-order valence-corrected chi connectivity index (χ4v) is 1.97. The highest BCUT2D eigenvalue weighted by Crippen LogP contribution is 2.13. The summed E-state index contributed by atoms with van der Waals surface area (Å²) in [7, 11) is 0. The van der Waals surface area contributed by atoms with Crippen LogP contribution in [0.25, 0.3) is 0 Å². The molecule has 0 fully saturated rings. The summed E-state index contributed by atoms with van der Waals surface area (Å²) in [6.45, 7) is 6.96. The maximum absolute atomic E-state index is 12.2. The molecule has 0 radical (unpaired) electrons. The van der Waals surface area contributed by atoms with E-state index in [9.17, 15) is 4.79 Å². The Morgan fingerprint density at radius 3 is 2.42 bits per heavy atom. The fourth-order valence-electron chi connectivity index (χ4n) is 1.57. The van der Waals surface area contributed by atoms with E-state index in [0.717, 1.165) is 11.3 Å². The van der Waals surface area contributed by atoms with Gasteiger partial charge in [0, 0.05) is 18.8 Å². The van der Waals surface area contributed by atoms with Gasteiger partial charge in [-0.15, -0.1) is 0 Å². The van der Waals surface area contributed by atoms with Crippen LogP contribution in [-0.4, -0.2) is 35.1 Å². The first-order chi connectivity index (χ1) is 8.92. The molecule has 0 saturated carbocycles. The average Bonchev–Trinajstić information content (AvgIpc) is 2.33. The summed E-state index contributed by atoms with van der Waals surface area (Å²) < 4.78 is 5.45. The Bertz CT molecular complexity index is 387. The van der Waals surface area contributed by atoms with Gasteiger partial charge in [-0.1, -0.05) is 30.3 Å². The molecule has 0 aliphatic rings. The molecule has 1 aromatic carbocycles. The number of ether oxygens (including phenoxy) is 1. The third-order valence-electron chi connectivity index (χ3n) is 2.43. The summed E-state index contributed by atoms with van der Waals surface area (Å²) in [4.78, 5) is 13.9. The van der Waals surface area contributed by atoms with Crippen LogP contribution in [0.3, 0.4) is 0 Å². The van der Waals surface area contributed by atoms with E-state index < -0.39 is 5.60 Å². The van der Waals surface area contributed by atoms with Gasteiger partial charge in [-0.2, -0.15) is 11.8 Å². The normalized spacial score (nSPS) is 11.2. The van der Waals surface area contributed by atoms with Crippen molar-refractivity contribution in [1.82, 2.24) is 4.90 Å². The molecule has 0 heterocycles. The molecule has 0 atom stereocenters. The number of rotatable bonds is 5. The second kappa shape index (κ2) is 7.43. The molecule has 0 saturated heterocycles. The summed E-state index contributed by atoms with van der Waals surface area (Å²) in [6, 6.07) is 9.99. The van der Waals surface area contributed by atoms with Gasteiger partial charge in [0.05, 0.1) is 0 Å². The van der Waals surface area contributed by atoms with Crippen molar-refractivity contribution < 1.29 is 9.53 Å². The number of amides is 1. The second-order valence-corrected chi connectivity index (χ2v) is 6.37. The van der Waals surface area contributed by atoms with Crippen molar-refractivity contribution >= 4 is 17.9 Å². The van der Waals surface area contributed by atoms with Gasteiger partial charge in [0.2, 0.25) is 0 Å².